The molecule has 2 atom stereocenters. The number of carbonyl (C=O) groups is 1. The number of hydrogen-bond acceptors (Lipinski definition) is 4. The molecule has 1 aliphatic rings. The number of hydrazone groups is 1. The Bertz CT molecular complexity index is 751. The number of nitrogens with zero attached hydrogens (tertiary/aromatic N) is 3. The monoisotopic (exact) mass is 290 g/mol. The van der Waals surface area contributed by atoms with E-state index in [1.807, 2.05) is 6.92 Å². The van der Waals surface area contributed by atoms with E-state index in [0.717, 1.165) is 0 Å². The Kier molecular flexibility index (Phi) is 3.21. The lowest BCUT2D eigenvalue weighted by atomic mass is 9.92. The maximum atomic E-state index is 13.3. The van der Waals surface area contributed by atoms with E-state index in [2.05, 4.69) is 15.6 Å². The normalized spacial score (nSPS) is 20.3. The molecule has 0 bridgehead atoms. The molecule has 0 aromatic carbocycles. The fourth-order valence-electron chi connectivity index (χ4n) is 2.55. The maximum absolute atomic E-state index is 13.3. The molecule has 2 N–H and O–H groups in total. The Morgan fingerprint density at radius 1 is 1.52 bits per heavy atom. The highest BCUT2D eigenvalue weighted by atomic mass is 19.1. The number of halogens is 1. The van der Waals surface area contributed by atoms with E-state index in [1.165, 1.54) is 16.8 Å². The quantitative estimate of drug-likeness (QED) is 0.877. The second-order valence-electron chi connectivity index (χ2n) is 5.25. The largest absolute Gasteiger partial charge is 0.387 e. The predicted molar refractivity (Wildman–Crippen MR) is 74.2 cm³/mol. The van der Waals surface area contributed by atoms with E-state index in [0.29, 0.717) is 28.9 Å². The zero-order chi connectivity index (χ0) is 15.1. The Morgan fingerprint density at radius 3 is 2.95 bits per heavy atom. The van der Waals surface area contributed by atoms with Crippen LogP contribution >= 0.6 is 0 Å². The van der Waals surface area contributed by atoms with Gasteiger partial charge >= 0.3 is 0 Å². The first-order chi connectivity index (χ1) is 9.97. The minimum atomic E-state index is -0.824. The van der Waals surface area contributed by atoms with Crippen LogP contribution in [0.15, 0.2) is 23.4 Å². The van der Waals surface area contributed by atoms with Crippen LogP contribution in [-0.4, -0.2) is 26.3 Å². The number of hydrogen-bond donors (Lipinski definition) is 2. The average molecular weight is 290 g/mol. The molecule has 0 saturated heterocycles. The second-order valence-corrected chi connectivity index (χ2v) is 5.25. The SMILES string of the molecule is CC1CC(=O)NN=C1c1c(C(C)O)nn2cc(F)ccc12. The molecule has 6 nitrogen and oxygen atoms in total. The molecule has 0 spiro atoms. The summed E-state index contributed by atoms with van der Waals surface area (Å²) in [6, 6.07) is 2.92. The van der Waals surface area contributed by atoms with E-state index in [-0.39, 0.29) is 11.8 Å². The van der Waals surface area contributed by atoms with Crippen molar-refractivity contribution in [2.45, 2.75) is 26.4 Å². The molecule has 3 rings (SSSR count). The van der Waals surface area contributed by atoms with Crippen molar-refractivity contribution in [2.24, 2.45) is 11.0 Å². The first-order valence-corrected chi connectivity index (χ1v) is 6.70. The van der Waals surface area contributed by atoms with Gasteiger partial charge in [-0.1, -0.05) is 6.92 Å². The van der Waals surface area contributed by atoms with Crippen molar-refractivity contribution in [3.63, 3.8) is 0 Å². The smallest absolute Gasteiger partial charge is 0.240 e. The highest BCUT2D eigenvalue weighted by Gasteiger charge is 2.28. The molecule has 0 aliphatic carbocycles. The van der Waals surface area contributed by atoms with Gasteiger partial charge in [0, 0.05) is 17.9 Å². The molecule has 1 aliphatic heterocycles. The number of rotatable bonds is 2. The number of aliphatic hydroxyl groups excluding tert-OH is 1. The Hall–Kier alpha value is -2.28. The lowest BCUT2D eigenvalue weighted by molar-refractivity contribution is -0.121. The molecule has 3 heterocycles. The van der Waals surface area contributed by atoms with Crippen LogP contribution in [0.25, 0.3) is 5.52 Å². The third kappa shape index (κ3) is 2.29. The number of pyridine rings is 1. The molecule has 0 fully saturated rings. The fraction of sp³-hybridized carbons (Fsp3) is 0.357. The van der Waals surface area contributed by atoms with Crippen molar-refractivity contribution in [3.05, 3.63) is 35.4 Å². The second kappa shape index (κ2) is 4.92. The molecule has 2 aromatic rings. The summed E-state index contributed by atoms with van der Waals surface area (Å²) in [4.78, 5) is 11.4. The van der Waals surface area contributed by atoms with Crippen molar-refractivity contribution < 1.29 is 14.3 Å². The van der Waals surface area contributed by atoms with Crippen LogP contribution in [0.2, 0.25) is 0 Å². The number of aliphatic hydroxyl groups is 1. The summed E-state index contributed by atoms with van der Waals surface area (Å²) < 4.78 is 14.7. The van der Waals surface area contributed by atoms with Crippen LogP contribution in [0.4, 0.5) is 4.39 Å². The summed E-state index contributed by atoms with van der Waals surface area (Å²) in [7, 11) is 0. The molecular formula is C14H15FN4O2. The molecule has 2 unspecified atom stereocenters. The maximum Gasteiger partial charge on any atom is 0.240 e. The van der Waals surface area contributed by atoms with Gasteiger partial charge in [0.1, 0.15) is 11.5 Å². The summed E-state index contributed by atoms with van der Waals surface area (Å²) in [5.41, 5.74) is 4.81. The Morgan fingerprint density at radius 2 is 2.29 bits per heavy atom. The number of nitrogens with one attached hydrogen (secondary N) is 1. The van der Waals surface area contributed by atoms with Gasteiger partial charge in [-0.2, -0.15) is 10.2 Å². The molecule has 0 saturated carbocycles. The van der Waals surface area contributed by atoms with Gasteiger partial charge in [-0.3, -0.25) is 4.79 Å². The molecule has 21 heavy (non-hydrogen) atoms. The third-order valence-corrected chi connectivity index (χ3v) is 3.53. The first-order valence-electron chi connectivity index (χ1n) is 6.70. The summed E-state index contributed by atoms with van der Waals surface area (Å²) in [5.74, 6) is -0.665. The molecule has 2 aromatic heterocycles. The van der Waals surface area contributed by atoms with Crippen LogP contribution < -0.4 is 5.43 Å². The highest BCUT2D eigenvalue weighted by molar-refractivity contribution is 6.10. The van der Waals surface area contributed by atoms with Crippen LogP contribution in [0, 0.1) is 11.7 Å². The Balaban J connectivity index is 2.25. The van der Waals surface area contributed by atoms with Gasteiger partial charge in [0.25, 0.3) is 0 Å². The minimum Gasteiger partial charge on any atom is -0.387 e. The fourth-order valence-corrected chi connectivity index (χ4v) is 2.55. The van der Waals surface area contributed by atoms with Crippen LogP contribution in [0.1, 0.15) is 37.6 Å². The molecule has 0 radical (unpaired) electrons. The molecular weight excluding hydrogens is 275 g/mol. The van der Waals surface area contributed by atoms with Gasteiger partial charge in [-0.25, -0.2) is 14.3 Å². The molecule has 110 valence electrons. The standard InChI is InChI=1S/C14H15FN4O2/c1-7-5-11(21)16-17-13(7)12-10-4-3-9(15)6-19(10)18-14(12)8(2)20/h3-4,6-8,20H,5H2,1-2H3,(H,16,21). The lowest BCUT2D eigenvalue weighted by Gasteiger charge is -2.19. The van der Waals surface area contributed by atoms with E-state index in [1.54, 1.807) is 13.0 Å². The highest BCUT2D eigenvalue weighted by Crippen LogP contribution is 2.27. The van der Waals surface area contributed by atoms with Crippen LogP contribution in [0.5, 0.6) is 0 Å². The zero-order valence-electron chi connectivity index (χ0n) is 11.7. The van der Waals surface area contributed by atoms with Gasteiger partial charge in [0.05, 0.1) is 23.5 Å². The van der Waals surface area contributed by atoms with Crippen molar-refractivity contribution in [1.29, 1.82) is 0 Å². The first kappa shape index (κ1) is 13.7. The van der Waals surface area contributed by atoms with E-state index < -0.39 is 11.9 Å². The van der Waals surface area contributed by atoms with Crippen molar-refractivity contribution >= 4 is 17.1 Å². The number of aromatic nitrogens is 2. The van der Waals surface area contributed by atoms with Crippen molar-refractivity contribution in [2.75, 3.05) is 0 Å². The van der Waals surface area contributed by atoms with E-state index >= 15 is 0 Å². The lowest BCUT2D eigenvalue weighted by Crippen LogP contribution is -2.32. The summed E-state index contributed by atoms with van der Waals surface area (Å²) in [6.07, 6.45) is 0.740. The summed E-state index contributed by atoms with van der Waals surface area (Å²) in [5, 5.41) is 18.3. The Labute approximate surface area is 120 Å². The van der Waals surface area contributed by atoms with Crippen molar-refractivity contribution in [1.82, 2.24) is 15.0 Å². The van der Waals surface area contributed by atoms with Gasteiger partial charge in [-0.05, 0) is 19.1 Å². The van der Waals surface area contributed by atoms with Crippen LogP contribution in [0.3, 0.4) is 0 Å². The number of carbonyl (C=O) groups excluding carboxylic acids is 1. The average Bonchev–Trinajstić information content (AvgIpc) is 2.77. The number of amides is 1. The van der Waals surface area contributed by atoms with Gasteiger partial charge in [0.2, 0.25) is 5.91 Å². The van der Waals surface area contributed by atoms with Gasteiger partial charge < -0.3 is 5.11 Å². The van der Waals surface area contributed by atoms with E-state index in [9.17, 15) is 14.3 Å². The van der Waals surface area contributed by atoms with Gasteiger partial charge in [0.15, 0.2) is 0 Å². The minimum absolute atomic E-state index is 0.102. The van der Waals surface area contributed by atoms with Crippen LogP contribution in [-0.2, 0) is 4.79 Å². The molecule has 1 amide bonds. The third-order valence-electron chi connectivity index (χ3n) is 3.53. The predicted octanol–water partition coefficient (Wildman–Crippen LogP) is 1.39. The van der Waals surface area contributed by atoms with E-state index in [4.69, 9.17) is 0 Å². The van der Waals surface area contributed by atoms with Crippen molar-refractivity contribution in [3.8, 4) is 0 Å². The topological polar surface area (TPSA) is 79.0 Å². The molecule has 7 heteroatoms. The summed E-state index contributed by atoms with van der Waals surface area (Å²) >= 11 is 0. The van der Waals surface area contributed by atoms with Gasteiger partial charge in [-0.15, -0.1) is 0 Å². The number of fused-ring (bicyclic) bond motifs is 1. The zero-order valence-corrected chi connectivity index (χ0v) is 11.7. The summed E-state index contributed by atoms with van der Waals surface area (Å²) in [6.45, 7) is 3.48.